The lowest BCUT2D eigenvalue weighted by Crippen LogP contribution is -2.42. The van der Waals surface area contributed by atoms with Crippen LogP contribution in [0.3, 0.4) is 0 Å². The van der Waals surface area contributed by atoms with Crippen molar-refractivity contribution < 1.29 is 14.7 Å². The number of amides is 1. The summed E-state index contributed by atoms with van der Waals surface area (Å²) < 4.78 is 0. The summed E-state index contributed by atoms with van der Waals surface area (Å²) in [5.74, 6) is 0.509. The Morgan fingerprint density at radius 1 is 1.28 bits per heavy atom. The van der Waals surface area contributed by atoms with Gasteiger partial charge >= 0.3 is 5.97 Å². The summed E-state index contributed by atoms with van der Waals surface area (Å²) in [7, 11) is 0. The third-order valence-corrected chi connectivity index (χ3v) is 4.83. The first kappa shape index (κ1) is 11.8. The van der Waals surface area contributed by atoms with Crippen molar-refractivity contribution in [2.75, 3.05) is 6.54 Å². The summed E-state index contributed by atoms with van der Waals surface area (Å²) in [5.41, 5.74) is -1.09. The van der Waals surface area contributed by atoms with E-state index in [2.05, 4.69) is 17.5 Å². The fraction of sp³-hybridized carbons (Fsp3) is 0.714. The molecule has 4 heteroatoms. The normalized spacial score (nSPS) is 35.2. The van der Waals surface area contributed by atoms with Gasteiger partial charge in [-0.05, 0) is 49.9 Å². The molecule has 2 saturated carbocycles. The molecule has 0 aromatic heterocycles. The van der Waals surface area contributed by atoms with Gasteiger partial charge in [0.1, 0.15) is 5.41 Å². The van der Waals surface area contributed by atoms with Crippen molar-refractivity contribution in [1.29, 1.82) is 0 Å². The summed E-state index contributed by atoms with van der Waals surface area (Å²) in [6, 6.07) is 0. The molecule has 0 heterocycles. The van der Waals surface area contributed by atoms with Gasteiger partial charge in [0.2, 0.25) is 5.91 Å². The van der Waals surface area contributed by atoms with E-state index < -0.39 is 11.4 Å². The molecular weight excluding hydrogens is 230 g/mol. The van der Waals surface area contributed by atoms with Crippen LogP contribution in [0.1, 0.15) is 32.1 Å². The summed E-state index contributed by atoms with van der Waals surface area (Å²) in [5, 5.41) is 11.9. The molecule has 1 amide bonds. The van der Waals surface area contributed by atoms with Gasteiger partial charge in [0.25, 0.3) is 0 Å². The van der Waals surface area contributed by atoms with E-state index >= 15 is 0 Å². The average Bonchev–Trinajstić information content (AvgIpc) is 3.19. The molecule has 4 rings (SSSR count). The Labute approximate surface area is 106 Å². The third kappa shape index (κ3) is 1.84. The molecule has 4 aliphatic carbocycles. The van der Waals surface area contributed by atoms with Crippen molar-refractivity contribution in [3.8, 4) is 0 Å². The second-order valence-electron chi connectivity index (χ2n) is 5.98. The molecule has 0 aromatic carbocycles. The summed E-state index contributed by atoms with van der Waals surface area (Å²) >= 11 is 0. The van der Waals surface area contributed by atoms with Crippen LogP contribution < -0.4 is 5.32 Å². The fourth-order valence-corrected chi connectivity index (χ4v) is 3.34. The van der Waals surface area contributed by atoms with E-state index in [0.29, 0.717) is 37.1 Å². The van der Waals surface area contributed by atoms with Crippen LogP contribution in [-0.2, 0) is 9.59 Å². The standard InChI is InChI=1S/C14H19NO3/c16-12(14(5-6-14)13(17)18)15-8-11-7-9-1-3-10(11)4-2-9/h1,3,9-11H,2,4-8H2,(H,15,16)(H,17,18). The van der Waals surface area contributed by atoms with Crippen molar-refractivity contribution in [1.82, 2.24) is 5.32 Å². The van der Waals surface area contributed by atoms with Gasteiger partial charge < -0.3 is 10.4 Å². The van der Waals surface area contributed by atoms with Gasteiger partial charge in [0, 0.05) is 6.54 Å². The number of allylic oxidation sites excluding steroid dienone is 2. The summed E-state index contributed by atoms with van der Waals surface area (Å²) in [4.78, 5) is 22.9. The maximum absolute atomic E-state index is 11.9. The zero-order valence-corrected chi connectivity index (χ0v) is 10.4. The fourth-order valence-electron chi connectivity index (χ4n) is 3.34. The van der Waals surface area contributed by atoms with Crippen LogP contribution in [-0.4, -0.2) is 23.5 Å². The minimum atomic E-state index is -1.09. The van der Waals surface area contributed by atoms with E-state index in [-0.39, 0.29) is 5.91 Å². The van der Waals surface area contributed by atoms with Gasteiger partial charge in [0.15, 0.2) is 0 Å². The van der Waals surface area contributed by atoms with E-state index in [1.54, 1.807) is 0 Å². The van der Waals surface area contributed by atoms with Crippen molar-refractivity contribution in [3.05, 3.63) is 12.2 Å². The van der Waals surface area contributed by atoms with Gasteiger partial charge in [-0.25, -0.2) is 0 Å². The number of nitrogens with one attached hydrogen (secondary N) is 1. The lowest BCUT2D eigenvalue weighted by molar-refractivity contribution is -0.149. The van der Waals surface area contributed by atoms with Gasteiger partial charge in [-0.2, -0.15) is 0 Å². The zero-order valence-electron chi connectivity index (χ0n) is 10.4. The lowest BCUT2D eigenvalue weighted by Gasteiger charge is -2.38. The van der Waals surface area contributed by atoms with Crippen LogP contribution in [0.2, 0.25) is 0 Å². The SMILES string of the molecule is O=C(O)C1(C(=O)NCC2CC3C=CC2CC3)CC1. The quantitative estimate of drug-likeness (QED) is 0.587. The maximum Gasteiger partial charge on any atom is 0.319 e. The molecule has 0 aliphatic heterocycles. The second kappa shape index (κ2) is 4.11. The van der Waals surface area contributed by atoms with E-state index in [1.807, 2.05) is 0 Å². The molecule has 3 unspecified atom stereocenters. The molecule has 0 spiro atoms. The smallest absolute Gasteiger partial charge is 0.319 e. The number of carbonyl (C=O) groups excluding carboxylic acids is 1. The first-order valence-electron chi connectivity index (χ1n) is 6.82. The van der Waals surface area contributed by atoms with Crippen LogP contribution in [0.4, 0.5) is 0 Å². The van der Waals surface area contributed by atoms with Gasteiger partial charge in [-0.15, -0.1) is 0 Å². The van der Waals surface area contributed by atoms with Crippen LogP contribution in [0, 0.1) is 23.2 Å². The number of carboxylic acids is 1. The Bertz CT molecular complexity index is 411. The molecule has 4 nitrogen and oxygen atoms in total. The molecule has 2 N–H and O–H groups in total. The molecule has 0 radical (unpaired) electrons. The molecule has 98 valence electrons. The number of hydrogen-bond acceptors (Lipinski definition) is 2. The first-order valence-corrected chi connectivity index (χ1v) is 6.82. The number of aliphatic carboxylic acids is 1. The Balaban J connectivity index is 1.55. The monoisotopic (exact) mass is 249 g/mol. The molecule has 0 aromatic rings. The van der Waals surface area contributed by atoms with Crippen molar-refractivity contribution >= 4 is 11.9 Å². The third-order valence-electron chi connectivity index (χ3n) is 4.83. The van der Waals surface area contributed by atoms with E-state index in [1.165, 1.54) is 12.8 Å². The van der Waals surface area contributed by atoms with E-state index in [9.17, 15) is 9.59 Å². The van der Waals surface area contributed by atoms with Crippen LogP contribution in [0.25, 0.3) is 0 Å². The first-order chi connectivity index (χ1) is 8.62. The average molecular weight is 249 g/mol. The van der Waals surface area contributed by atoms with Crippen molar-refractivity contribution in [2.24, 2.45) is 23.2 Å². The zero-order chi connectivity index (χ0) is 12.8. The molecule has 0 saturated heterocycles. The van der Waals surface area contributed by atoms with Gasteiger partial charge in [0.05, 0.1) is 0 Å². The minimum absolute atomic E-state index is 0.277. The molecule has 2 fully saturated rings. The van der Waals surface area contributed by atoms with E-state index in [4.69, 9.17) is 5.11 Å². The molecule has 18 heavy (non-hydrogen) atoms. The van der Waals surface area contributed by atoms with Crippen LogP contribution >= 0.6 is 0 Å². The molecular formula is C14H19NO3. The molecule has 4 aliphatic rings. The number of carbonyl (C=O) groups is 2. The number of fused-ring (bicyclic) bond motifs is 2. The topological polar surface area (TPSA) is 66.4 Å². The molecule has 3 atom stereocenters. The highest BCUT2D eigenvalue weighted by Gasteiger charge is 2.57. The number of carboxylic acid groups (broad SMARTS) is 1. The van der Waals surface area contributed by atoms with Crippen LogP contribution in [0.5, 0.6) is 0 Å². The van der Waals surface area contributed by atoms with Crippen LogP contribution in [0.15, 0.2) is 12.2 Å². The largest absolute Gasteiger partial charge is 0.480 e. The summed E-state index contributed by atoms with van der Waals surface area (Å²) in [6.45, 7) is 0.638. The van der Waals surface area contributed by atoms with Gasteiger partial charge in [-0.1, -0.05) is 12.2 Å². The van der Waals surface area contributed by atoms with Crippen molar-refractivity contribution in [3.63, 3.8) is 0 Å². The number of hydrogen-bond donors (Lipinski definition) is 2. The minimum Gasteiger partial charge on any atom is -0.480 e. The lowest BCUT2D eigenvalue weighted by atomic mass is 9.69. The Hall–Kier alpha value is -1.32. The highest BCUT2D eigenvalue weighted by atomic mass is 16.4. The highest BCUT2D eigenvalue weighted by molar-refractivity contribution is 6.04. The molecule has 2 bridgehead atoms. The van der Waals surface area contributed by atoms with Crippen molar-refractivity contribution in [2.45, 2.75) is 32.1 Å². The summed E-state index contributed by atoms with van der Waals surface area (Å²) in [6.07, 6.45) is 9.18. The maximum atomic E-state index is 11.9. The Morgan fingerprint density at radius 2 is 2.06 bits per heavy atom. The van der Waals surface area contributed by atoms with Gasteiger partial charge in [-0.3, -0.25) is 9.59 Å². The Kier molecular flexibility index (Phi) is 2.68. The second-order valence-corrected chi connectivity index (χ2v) is 5.98. The Morgan fingerprint density at radius 3 is 2.50 bits per heavy atom. The predicted molar refractivity (Wildman–Crippen MR) is 65.8 cm³/mol. The van der Waals surface area contributed by atoms with E-state index in [0.717, 1.165) is 6.42 Å². The number of rotatable bonds is 4. The highest BCUT2D eigenvalue weighted by Crippen LogP contribution is 2.46. The predicted octanol–water partition coefficient (Wildman–Crippen LogP) is 1.57.